The summed E-state index contributed by atoms with van der Waals surface area (Å²) in [4.78, 5) is 37.6. The minimum Gasteiger partial charge on any atom is -0.488 e. The summed E-state index contributed by atoms with van der Waals surface area (Å²) in [5, 5.41) is 1.92. The van der Waals surface area contributed by atoms with Gasteiger partial charge in [-0.3, -0.25) is 24.6 Å². The van der Waals surface area contributed by atoms with Gasteiger partial charge in [-0.1, -0.05) is 12.1 Å². The molecule has 3 aliphatic heterocycles. The molecule has 3 aliphatic rings. The fourth-order valence-electron chi connectivity index (χ4n) is 3.20. The Morgan fingerprint density at radius 1 is 1.26 bits per heavy atom. The van der Waals surface area contributed by atoms with Crippen LogP contribution in [0.3, 0.4) is 0 Å². The van der Waals surface area contributed by atoms with Crippen molar-refractivity contribution in [3.8, 4) is 5.75 Å². The number of amides is 3. The third-order valence-electron chi connectivity index (χ3n) is 4.75. The second kappa shape index (κ2) is 9.52. The van der Waals surface area contributed by atoms with E-state index in [2.05, 4.69) is 4.74 Å². The van der Waals surface area contributed by atoms with Gasteiger partial charge in [0.25, 0.3) is 5.91 Å². The van der Waals surface area contributed by atoms with Crippen LogP contribution < -0.4 is 10.1 Å². The van der Waals surface area contributed by atoms with Gasteiger partial charge in [-0.2, -0.15) is 0 Å². The maximum atomic E-state index is 15.8. The van der Waals surface area contributed by atoms with Gasteiger partial charge in [0.1, 0.15) is 24.2 Å². The molecule has 178 valence electrons. The Morgan fingerprint density at radius 2 is 2.09 bits per heavy atom. The molecule has 8 nitrogen and oxygen atoms in total. The van der Waals surface area contributed by atoms with Gasteiger partial charge in [0.15, 0.2) is 0 Å². The lowest BCUT2D eigenvalue weighted by atomic mass is 10.0. The lowest BCUT2D eigenvalue weighted by molar-refractivity contribution is -0.136. The van der Waals surface area contributed by atoms with Gasteiger partial charge in [-0.25, -0.2) is 4.39 Å². The van der Waals surface area contributed by atoms with E-state index >= 15 is 4.39 Å². The van der Waals surface area contributed by atoms with E-state index in [0.29, 0.717) is 0 Å². The minimum atomic E-state index is -3.95. The molecule has 3 amide bonds. The standard InChI is InChI=1S/C25H26FN3O5/c26-20-5-4-16(13-28-8-10-33-11-9-28)12-17(20)15-34-22-3-1-2-18-19(22)14-29(25(18)32)21-6-7-23(30)27-24(21)31/h1-5,12,21H,6-11,13-15H2,(H,27,30,31)/i1D,2D,3D,5D,8D2,9D2,10D2,11D2,12D,13D2,14D2,15D2. The summed E-state index contributed by atoms with van der Waals surface area (Å²) in [6, 6.07) is -8.06. The van der Waals surface area contributed by atoms with Gasteiger partial charge in [0.2, 0.25) is 11.8 Å². The first kappa shape index (κ1) is 9.39. The number of hydrogen-bond donors (Lipinski definition) is 1. The summed E-state index contributed by atoms with van der Waals surface area (Å²) >= 11 is 0. The second-order valence-corrected chi connectivity index (χ2v) is 6.91. The molecule has 2 aromatic rings. The molecule has 2 aromatic carbocycles. The smallest absolute Gasteiger partial charge is 0.255 e. The van der Waals surface area contributed by atoms with E-state index in [1.165, 1.54) is 0 Å². The number of ether oxygens (including phenoxy) is 2. The van der Waals surface area contributed by atoms with E-state index in [4.69, 9.17) is 30.8 Å². The SMILES string of the molecule is [2H]c1cc(C([2H])([2H])N2C([2H])([2H])C([2H])([2H])OC([2H])([2H])C2([2H])[2H])c([2H])c(C([2H])([2H])Oc2c([2H])c([2H])c([2H])c3c2C([2H])([2H])N(C2CCC(=O)NC2=O)C3=O)c1F. The van der Waals surface area contributed by atoms with E-state index in [-0.39, 0.29) is 17.4 Å². The van der Waals surface area contributed by atoms with Crippen LogP contribution in [0.2, 0.25) is 0 Å². The largest absolute Gasteiger partial charge is 0.488 e. The predicted molar refractivity (Wildman–Crippen MR) is 119 cm³/mol. The van der Waals surface area contributed by atoms with Gasteiger partial charge in [-0.05, 0) is 36.2 Å². The van der Waals surface area contributed by atoms with Crippen molar-refractivity contribution in [3.05, 3.63) is 64.3 Å². The lowest BCUT2D eigenvalue weighted by Crippen LogP contribution is -2.52. The molecule has 1 N–H and O–H groups in total. The van der Waals surface area contributed by atoms with Crippen LogP contribution in [0.15, 0.2) is 36.3 Å². The first-order valence-electron chi connectivity index (χ1n) is 19.1. The second-order valence-electron chi connectivity index (χ2n) is 6.91. The molecule has 0 aromatic heterocycles. The average Bonchev–Trinajstić information content (AvgIpc) is 3.18. The van der Waals surface area contributed by atoms with Gasteiger partial charge < -0.3 is 14.4 Å². The maximum Gasteiger partial charge on any atom is 0.255 e. The first-order chi connectivity index (χ1) is 23.8. The van der Waals surface area contributed by atoms with Gasteiger partial charge >= 0.3 is 0 Å². The summed E-state index contributed by atoms with van der Waals surface area (Å²) in [7, 11) is 0. The number of hydrogen-bond acceptors (Lipinski definition) is 6. The number of benzene rings is 2. The molecule has 1 unspecified atom stereocenters. The normalized spacial score (nSPS) is 37.3. The van der Waals surface area contributed by atoms with E-state index in [1.807, 2.05) is 5.32 Å². The summed E-state index contributed by atoms with van der Waals surface area (Å²) in [5.41, 5.74) is -5.22. The van der Waals surface area contributed by atoms with Crippen molar-refractivity contribution in [1.29, 1.82) is 0 Å². The first-order valence-corrected chi connectivity index (χ1v) is 9.62. The number of fused-ring (bicyclic) bond motifs is 1. The number of nitrogens with one attached hydrogen (secondary N) is 1. The number of carbonyl (C=O) groups is 3. The third-order valence-corrected chi connectivity index (χ3v) is 4.75. The van der Waals surface area contributed by atoms with Crippen LogP contribution in [0.1, 0.15) is 65.9 Å². The van der Waals surface area contributed by atoms with Crippen LogP contribution in [-0.4, -0.2) is 59.7 Å². The van der Waals surface area contributed by atoms with Crippen molar-refractivity contribution in [3.63, 3.8) is 0 Å². The van der Waals surface area contributed by atoms with Crippen LogP contribution in [0, 0.1) is 5.82 Å². The molecule has 2 fully saturated rings. The van der Waals surface area contributed by atoms with Gasteiger partial charge in [0, 0.05) is 50.8 Å². The zero-order chi connectivity index (χ0) is 40.6. The van der Waals surface area contributed by atoms with Crippen LogP contribution in [0.5, 0.6) is 5.75 Å². The zero-order valence-corrected chi connectivity index (χ0v) is 16.9. The van der Waals surface area contributed by atoms with Crippen molar-refractivity contribution in [2.24, 2.45) is 0 Å². The highest BCUT2D eigenvalue weighted by molar-refractivity contribution is 6.05. The van der Waals surface area contributed by atoms with Crippen molar-refractivity contribution in [1.82, 2.24) is 15.1 Å². The Labute approximate surface area is 223 Å². The van der Waals surface area contributed by atoms with E-state index in [1.54, 1.807) is 0 Å². The monoisotopic (exact) mass is 486 g/mol. The number of imide groups is 1. The van der Waals surface area contributed by atoms with E-state index in [0.717, 1.165) is 0 Å². The quantitative estimate of drug-likeness (QED) is 0.629. The molecule has 3 heterocycles. The molecule has 5 rings (SSSR count). The summed E-state index contributed by atoms with van der Waals surface area (Å²) in [6.07, 6.45) is -0.764. The molecule has 2 saturated heterocycles. The molecule has 0 bridgehead atoms. The maximum absolute atomic E-state index is 15.8. The van der Waals surface area contributed by atoms with Gasteiger partial charge in [0.05, 0.1) is 37.4 Å². The van der Waals surface area contributed by atoms with Crippen molar-refractivity contribution in [2.75, 3.05) is 26.1 Å². The third kappa shape index (κ3) is 4.53. The summed E-state index contributed by atoms with van der Waals surface area (Å²) < 4.78 is 184. The molecule has 34 heavy (non-hydrogen) atoms. The van der Waals surface area contributed by atoms with Crippen molar-refractivity contribution < 1.29 is 54.3 Å². The number of nitrogens with zero attached hydrogens (tertiary/aromatic N) is 2. The number of piperidine rings is 1. The Kier molecular flexibility index (Phi) is 2.63. The molecular formula is C25H26FN3O5. The number of carbonyl (C=O) groups excluding carboxylic acids is 3. The minimum absolute atomic E-state index is 0.198. The highest BCUT2D eigenvalue weighted by Crippen LogP contribution is 2.34. The Hall–Kier alpha value is -3.30. The Bertz CT molecular complexity index is 1950. The van der Waals surface area contributed by atoms with Gasteiger partial charge in [-0.15, -0.1) is 0 Å². The summed E-state index contributed by atoms with van der Waals surface area (Å²) in [6.45, 7) is -26.6. The Balaban J connectivity index is 1.70. The number of rotatable bonds is 6. The topological polar surface area (TPSA) is 88.2 Å². The average molecular weight is 487 g/mol. The van der Waals surface area contributed by atoms with E-state index < -0.39 is 145 Å². The molecule has 0 radical (unpaired) electrons. The van der Waals surface area contributed by atoms with Crippen LogP contribution in [0.4, 0.5) is 4.39 Å². The van der Waals surface area contributed by atoms with Crippen LogP contribution in [0.25, 0.3) is 0 Å². The zero-order valence-electron chi connectivity index (χ0n) is 35.9. The van der Waals surface area contributed by atoms with Crippen molar-refractivity contribution in [2.45, 2.75) is 38.4 Å². The molecule has 1 atom stereocenters. The lowest BCUT2D eigenvalue weighted by Gasteiger charge is -2.29. The highest BCUT2D eigenvalue weighted by atomic mass is 19.1. The fourth-order valence-corrected chi connectivity index (χ4v) is 3.20. The molecule has 0 aliphatic carbocycles. The highest BCUT2D eigenvalue weighted by Gasteiger charge is 2.40. The van der Waals surface area contributed by atoms with Crippen LogP contribution >= 0.6 is 0 Å². The summed E-state index contributed by atoms with van der Waals surface area (Å²) in [5.74, 6) is -6.58. The Morgan fingerprint density at radius 3 is 2.88 bits per heavy atom. The fraction of sp³-hybridized carbons (Fsp3) is 0.400. The molecule has 0 saturated carbocycles. The van der Waals surface area contributed by atoms with Crippen molar-refractivity contribution >= 4 is 17.7 Å². The number of morpholine rings is 1. The van der Waals surface area contributed by atoms with E-state index in [9.17, 15) is 14.4 Å². The molecular weight excluding hydrogens is 441 g/mol. The molecule has 0 spiro atoms. The molecule has 9 heteroatoms. The number of halogens is 1. The van der Waals surface area contributed by atoms with Crippen LogP contribution in [-0.2, 0) is 33.9 Å². The predicted octanol–water partition coefficient (Wildman–Crippen LogP) is 2.00.